The SMILES string of the molecule is COC(=O)C12CCCC1(c1ccccc1)O2. The van der Waals surface area contributed by atoms with Gasteiger partial charge in [-0.15, -0.1) is 0 Å². The first kappa shape index (κ1) is 9.85. The number of ether oxygens (including phenoxy) is 2. The van der Waals surface area contributed by atoms with Gasteiger partial charge in [-0.3, -0.25) is 0 Å². The average Bonchev–Trinajstić information content (AvgIpc) is 2.88. The van der Waals surface area contributed by atoms with Crippen molar-refractivity contribution in [3.63, 3.8) is 0 Å². The predicted molar refractivity (Wildman–Crippen MR) is 57.8 cm³/mol. The Labute approximate surface area is 94.4 Å². The van der Waals surface area contributed by atoms with Gasteiger partial charge in [-0.1, -0.05) is 30.3 Å². The number of methoxy groups -OCH3 is 1. The Kier molecular flexibility index (Phi) is 1.89. The van der Waals surface area contributed by atoms with Crippen LogP contribution in [0.2, 0.25) is 0 Å². The van der Waals surface area contributed by atoms with Crippen molar-refractivity contribution in [1.82, 2.24) is 0 Å². The van der Waals surface area contributed by atoms with E-state index in [1.807, 2.05) is 30.3 Å². The number of carbonyl (C=O) groups excluding carboxylic acids is 1. The fraction of sp³-hybridized carbons (Fsp3) is 0.462. The molecule has 2 fully saturated rings. The summed E-state index contributed by atoms with van der Waals surface area (Å²) >= 11 is 0. The van der Waals surface area contributed by atoms with Gasteiger partial charge in [-0.25, -0.2) is 4.79 Å². The van der Waals surface area contributed by atoms with E-state index < -0.39 is 11.2 Å². The van der Waals surface area contributed by atoms with Gasteiger partial charge < -0.3 is 9.47 Å². The van der Waals surface area contributed by atoms with Gasteiger partial charge in [0, 0.05) is 0 Å². The smallest absolute Gasteiger partial charge is 0.341 e. The predicted octanol–water partition coefficient (Wildman–Crippen LogP) is 2.01. The molecule has 1 saturated carbocycles. The molecule has 0 spiro atoms. The van der Waals surface area contributed by atoms with Gasteiger partial charge in [0.1, 0.15) is 5.60 Å². The van der Waals surface area contributed by atoms with Gasteiger partial charge in [0.05, 0.1) is 7.11 Å². The van der Waals surface area contributed by atoms with Crippen molar-refractivity contribution in [2.24, 2.45) is 0 Å². The van der Waals surface area contributed by atoms with Crippen molar-refractivity contribution < 1.29 is 14.3 Å². The van der Waals surface area contributed by atoms with Crippen LogP contribution in [0.3, 0.4) is 0 Å². The van der Waals surface area contributed by atoms with Crippen LogP contribution in [0.4, 0.5) is 0 Å². The van der Waals surface area contributed by atoms with Crippen LogP contribution in [0.1, 0.15) is 24.8 Å². The van der Waals surface area contributed by atoms with E-state index in [2.05, 4.69) is 0 Å². The largest absolute Gasteiger partial charge is 0.467 e. The summed E-state index contributed by atoms with van der Waals surface area (Å²) < 4.78 is 10.7. The zero-order valence-corrected chi connectivity index (χ0v) is 9.23. The highest BCUT2D eigenvalue weighted by Gasteiger charge is 2.78. The highest BCUT2D eigenvalue weighted by atomic mass is 16.7. The molecule has 1 aliphatic heterocycles. The van der Waals surface area contributed by atoms with Crippen molar-refractivity contribution in [3.05, 3.63) is 35.9 Å². The normalized spacial score (nSPS) is 35.6. The van der Waals surface area contributed by atoms with Crippen LogP contribution >= 0.6 is 0 Å². The lowest BCUT2D eigenvalue weighted by atomic mass is 9.89. The maximum absolute atomic E-state index is 11.8. The van der Waals surface area contributed by atoms with Crippen molar-refractivity contribution in [2.75, 3.05) is 7.11 Å². The molecule has 0 aromatic heterocycles. The van der Waals surface area contributed by atoms with Crippen LogP contribution in [0.5, 0.6) is 0 Å². The lowest BCUT2D eigenvalue weighted by molar-refractivity contribution is -0.147. The van der Waals surface area contributed by atoms with Crippen LogP contribution in [-0.2, 0) is 19.9 Å². The van der Waals surface area contributed by atoms with Crippen LogP contribution in [0, 0.1) is 0 Å². The molecule has 2 unspecified atom stereocenters. The average molecular weight is 218 g/mol. The molecule has 0 bridgehead atoms. The Bertz CT molecular complexity index is 428. The summed E-state index contributed by atoms with van der Waals surface area (Å²) in [4.78, 5) is 11.8. The molecule has 0 amide bonds. The fourth-order valence-corrected chi connectivity index (χ4v) is 2.98. The van der Waals surface area contributed by atoms with Gasteiger partial charge >= 0.3 is 5.97 Å². The van der Waals surface area contributed by atoms with E-state index in [1.165, 1.54) is 7.11 Å². The Morgan fingerprint density at radius 1 is 1.31 bits per heavy atom. The summed E-state index contributed by atoms with van der Waals surface area (Å²) in [6, 6.07) is 9.97. The molecule has 3 rings (SSSR count). The first-order chi connectivity index (χ1) is 7.75. The summed E-state index contributed by atoms with van der Waals surface area (Å²) in [6.07, 6.45) is 2.70. The first-order valence-electron chi connectivity index (χ1n) is 5.59. The Morgan fingerprint density at radius 2 is 2.06 bits per heavy atom. The summed E-state index contributed by atoms with van der Waals surface area (Å²) in [5.74, 6) is -0.228. The van der Waals surface area contributed by atoms with Crippen molar-refractivity contribution >= 4 is 5.97 Å². The molecule has 1 aromatic rings. The number of rotatable bonds is 2. The Balaban J connectivity index is 2.00. The highest BCUT2D eigenvalue weighted by molar-refractivity contribution is 5.86. The molecule has 0 N–H and O–H groups in total. The van der Waals surface area contributed by atoms with E-state index in [0.29, 0.717) is 0 Å². The topological polar surface area (TPSA) is 38.8 Å². The van der Waals surface area contributed by atoms with Gasteiger partial charge in [-0.05, 0) is 24.8 Å². The molecule has 16 heavy (non-hydrogen) atoms. The summed E-state index contributed by atoms with van der Waals surface area (Å²) in [7, 11) is 1.42. The number of epoxide rings is 1. The lowest BCUT2D eigenvalue weighted by Crippen LogP contribution is -2.29. The van der Waals surface area contributed by atoms with Gasteiger partial charge in [0.25, 0.3) is 0 Å². The Hall–Kier alpha value is -1.35. The monoisotopic (exact) mass is 218 g/mol. The minimum absolute atomic E-state index is 0.228. The molecule has 3 nitrogen and oxygen atoms in total. The molecule has 1 heterocycles. The van der Waals surface area contributed by atoms with Gasteiger partial charge in [0.15, 0.2) is 5.60 Å². The summed E-state index contributed by atoms with van der Waals surface area (Å²) in [6.45, 7) is 0. The first-order valence-corrected chi connectivity index (χ1v) is 5.59. The van der Waals surface area contributed by atoms with Gasteiger partial charge in [-0.2, -0.15) is 0 Å². The summed E-state index contributed by atoms with van der Waals surface area (Å²) in [5, 5.41) is 0. The molecular weight excluding hydrogens is 204 g/mol. The second-order valence-electron chi connectivity index (χ2n) is 4.47. The highest BCUT2D eigenvalue weighted by Crippen LogP contribution is 2.66. The molecule has 2 atom stereocenters. The molecule has 1 aromatic carbocycles. The van der Waals surface area contributed by atoms with Crippen LogP contribution in [0.15, 0.2) is 30.3 Å². The van der Waals surface area contributed by atoms with Crippen LogP contribution in [0.25, 0.3) is 0 Å². The molecule has 0 radical (unpaired) electrons. The Morgan fingerprint density at radius 3 is 2.75 bits per heavy atom. The van der Waals surface area contributed by atoms with E-state index in [9.17, 15) is 4.79 Å². The maximum atomic E-state index is 11.8. The van der Waals surface area contributed by atoms with Crippen molar-refractivity contribution in [3.8, 4) is 0 Å². The maximum Gasteiger partial charge on any atom is 0.341 e. The third-order valence-electron chi connectivity index (χ3n) is 3.77. The minimum atomic E-state index is -0.691. The number of fused-ring (bicyclic) bond motifs is 1. The zero-order chi connectivity index (χ0) is 11.2. The molecule has 84 valence electrons. The van der Waals surface area contributed by atoms with Crippen molar-refractivity contribution in [2.45, 2.75) is 30.5 Å². The quantitative estimate of drug-likeness (QED) is 0.563. The number of hydrogen-bond donors (Lipinski definition) is 0. The zero-order valence-electron chi connectivity index (χ0n) is 9.23. The number of hydrogen-bond acceptors (Lipinski definition) is 3. The van der Waals surface area contributed by atoms with Crippen LogP contribution < -0.4 is 0 Å². The van der Waals surface area contributed by atoms with E-state index in [-0.39, 0.29) is 5.97 Å². The van der Waals surface area contributed by atoms with E-state index in [0.717, 1.165) is 24.8 Å². The minimum Gasteiger partial charge on any atom is -0.467 e. The standard InChI is InChI=1S/C13H14O3/c1-15-11(14)13-9-5-8-12(13,16-13)10-6-3-2-4-7-10/h2-4,6-7H,5,8-9H2,1H3. The van der Waals surface area contributed by atoms with E-state index >= 15 is 0 Å². The third kappa shape index (κ3) is 0.990. The third-order valence-corrected chi connectivity index (χ3v) is 3.77. The number of esters is 1. The second-order valence-corrected chi connectivity index (χ2v) is 4.47. The van der Waals surface area contributed by atoms with E-state index in [4.69, 9.17) is 9.47 Å². The van der Waals surface area contributed by atoms with E-state index in [1.54, 1.807) is 0 Å². The number of benzene rings is 1. The summed E-state index contributed by atoms with van der Waals surface area (Å²) in [5.41, 5.74) is 0.00248. The van der Waals surface area contributed by atoms with Gasteiger partial charge in [0.2, 0.25) is 0 Å². The van der Waals surface area contributed by atoms with Crippen molar-refractivity contribution in [1.29, 1.82) is 0 Å². The fourth-order valence-electron chi connectivity index (χ4n) is 2.98. The molecule has 1 saturated heterocycles. The molecule has 3 heteroatoms. The van der Waals surface area contributed by atoms with Crippen LogP contribution in [-0.4, -0.2) is 18.7 Å². The lowest BCUT2D eigenvalue weighted by Gasteiger charge is -2.10. The molecular formula is C13H14O3. The number of carbonyl (C=O) groups is 1. The second kappa shape index (κ2) is 3.08. The molecule has 2 aliphatic rings. The molecule has 1 aliphatic carbocycles.